The summed E-state index contributed by atoms with van der Waals surface area (Å²) in [7, 11) is 1.37. The van der Waals surface area contributed by atoms with Gasteiger partial charge in [0.1, 0.15) is 0 Å². The number of Topliss-reactive ketones (excluding diaryl/α,β-unsaturated/α-hetero) is 1. The molecule has 0 fully saturated rings. The summed E-state index contributed by atoms with van der Waals surface area (Å²) in [6, 6.07) is 4.54. The highest BCUT2D eigenvalue weighted by Crippen LogP contribution is 2.19. The Morgan fingerprint density at radius 2 is 2.27 bits per heavy atom. The smallest absolute Gasteiger partial charge is 0.179 e. The van der Waals surface area contributed by atoms with Crippen LogP contribution in [0.15, 0.2) is 18.2 Å². The van der Waals surface area contributed by atoms with E-state index in [1.807, 2.05) is 6.92 Å². The molecule has 0 heterocycles. The summed E-state index contributed by atoms with van der Waals surface area (Å²) in [5, 5.41) is 2.85. The number of methoxy groups -OCH3 is 1. The van der Waals surface area contributed by atoms with Crippen molar-refractivity contribution in [1.82, 2.24) is 5.32 Å². The summed E-state index contributed by atoms with van der Waals surface area (Å²) in [6.07, 6.45) is 0. The highest BCUT2D eigenvalue weighted by Gasteiger charge is 2.14. The van der Waals surface area contributed by atoms with Crippen LogP contribution < -0.4 is 10.1 Å². The van der Waals surface area contributed by atoms with E-state index >= 15 is 0 Å². The van der Waals surface area contributed by atoms with Crippen LogP contribution in [-0.2, 0) is 0 Å². The van der Waals surface area contributed by atoms with Crippen molar-refractivity contribution >= 4 is 5.78 Å². The maximum atomic E-state index is 13.6. The van der Waals surface area contributed by atoms with Crippen LogP contribution in [-0.4, -0.2) is 26.0 Å². The lowest BCUT2D eigenvalue weighted by Gasteiger charge is -2.06. The molecule has 1 aromatic rings. The van der Waals surface area contributed by atoms with Gasteiger partial charge in [-0.25, -0.2) is 4.39 Å². The van der Waals surface area contributed by atoms with Gasteiger partial charge in [0.05, 0.1) is 19.2 Å². The Bertz CT molecular complexity index is 352. The van der Waals surface area contributed by atoms with E-state index in [1.165, 1.54) is 19.2 Å². The Hall–Kier alpha value is -1.42. The number of nitrogens with one attached hydrogen (secondary N) is 1. The Balaban J connectivity index is 2.89. The van der Waals surface area contributed by atoms with Crippen LogP contribution in [0, 0.1) is 5.82 Å². The Morgan fingerprint density at radius 3 is 2.87 bits per heavy atom. The minimum absolute atomic E-state index is 0.0651. The number of likely N-dealkylation sites (N-methyl/N-ethyl adjacent to an activating group) is 1. The van der Waals surface area contributed by atoms with Crippen LogP contribution >= 0.6 is 0 Å². The van der Waals surface area contributed by atoms with Crippen molar-refractivity contribution in [2.24, 2.45) is 0 Å². The maximum Gasteiger partial charge on any atom is 0.179 e. The molecule has 0 unspecified atom stereocenters. The van der Waals surface area contributed by atoms with Crippen molar-refractivity contribution in [2.75, 3.05) is 20.2 Å². The lowest BCUT2D eigenvalue weighted by atomic mass is 10.1. The van der Waals surface area contributed by atoms with Gasteiger partial charge in [0.25, 0.3) is 0 Å². The van der Waals surface area contributed by atoms with E-state index in [1.54, 1.807) is 6.07 Å². The Labute approximate surface area is 88.2 Å². The zero-order chi connectivity index (χ0) is 11.3. The highest BCUT2D eigenvalue weighted by atomic mass is 19.1. The fourth-order valence-electron chi connectivity index (χ4n) is 1.22. The third kappa shape index (κ3) is 2.76. The number of rotatable bonds is 5. The van der Waals surface area contributed by atoms with Crippen LogP contribution in [0.3, 0.4) is 0 Å². The molecule has 0 saturated heterocycles. The van der Waals surface area contributed by atoms with E-state index in [0.29, 0.717) is 6.54 Å². The van der Waals surface area contributed by atoms with Crippen LogP contribution in [0.5, 0.6) is 5.75 Å². The molecule has 1 N–H and O–H groups in total. The number of hydrogen-bond donors (Lipinski definition) is 1. The second-order valence-electron chi connectivity index (χ2n) is 3.03. The molecule has 1 rings (SSSR count). The molecule has 1 aromatic carbocycles. The second-order valence-corrected chi connectivity index (χ2v) is 3.03. The lowest BCUT2D eigenvalue weighted by Crippen LogP contribution is -2.23. The van der Waals surface area contributed by atoms with Gasteiger partial charge >= 0.3 is 0 Å². The van der Waals surface area contributed by atoms with E-state index in [0.717, 1.165) is 0 Å². The van der Waals surface area contributed by atoms with Crippen LogP contribution in [0.4, 0.5) is 4.39 Å². The van der Waals surface area contributed by atoms with Crippen LogP contribution in [0.25, 0.3) is 0 Å². The molecule has 0 bridgehead atoms. The zero-order valence-corrected chi connectivity index (χ0v) is 8.84. The summed E-state index contributed by atoms with van der Waals surface area (Å²) in [6.45, 7) is 2.70. The first kappa shape index (κ1) is 11.7. The normalized spacial score (nSPS) is 10.1. The van der Waals surface area contributed by atoms with E-state index in [9.17, 15) is 9.18 Å². The summed E-state index contributed by atoms with van der Waals surface area (Å²) in [5.41, 5.74) is 0.0651. The molecule has 0 radical (unpaired) electrons. The molecule has 0 aliphatic heterocycles. The standard InChI is InChI=1S/C11H14FNO2/c1-3-13-7-9(14)8-5-4-6-10(15-2)11(8)12/h4-6,13H,3,7H2,1-2H3. The van der Waals surface area contributed by atoms with E-state index in [4.69, 9.17) is 4.74 Å². The predicted molar refractivity (Wildman–Crippen MR) is 55.8 cm³/mol. The molecule has 0 spiro atoms. The molecule has 0 amide bonds. The van der Waals surface area contributed by atoms with Crippen molar-refractivity contribution in [3.05, 3.63) is 29.6 Å². The van der Waals surface area contributed by atoms with E-state index in [-0.39, 0.29) is 23.6 Å². The molecule has 0 atom stereocenters. The number of carbonyl (C=O) groups excluding carboxylic acids is 1. The number of carbonyl (C=O) groups is 1. The number of ketones is 1. The summed E-state index contributed by atoms with van der Waals surface area (Å²) < 4.78 is 18.4. The van der Waals surface area contributed by atoms with Crippen molar-refractivity contribution in [3.63, 3.8) is 0 Å². The average Bonchev–Trinajstić information content (AvgIpc) is 2.26. The average molecular weight is 211 g/mol. The van der Waals surface area contributed by atoms with Gasteiger partial charge in [0.15, 0.2) is 17.3 Å². The summed E-state index contributed by atoms with van der Waals surface area (Å²) >= 11 is 0. The fourth-order valence-corrected chi connectivity index (χ4v) is 1.22. The third-order valence-corrected chi connectivity index (χ3v) is 2.02. The Morgan fingerprint density at radius 1 is 1.53 bits per heavy atom. The number of benzene rings is 1. The minimum Gasteiger partial charge on any atom is -0.494 e. The maximum absolute atomic E-state index is 13.6. The van der Waals surface area contributed by atoms with Gasteiger partial charge in [-0.05, 0) is 18.7 Å². The molecular formula is C11H14FNO2. The first-order valence-electron chi connectivity index (χ1n) is 4.77. The molecule has 4 heteroatoms. The van der Waals surface area contributed by atoms with Crippen molar-refractivity contribution in [1.29, 1.82) is 0 Å². The topological polar surface area (TPSA) is 38.3 Å². The first-order valence-corrected chi connectivity index (χ1v) is 4.77. The molecule has 0 saturated carbocycles. The SMILES string of the molecule is CCNCC(=O)c1cccc(OC)c1F. The van der Waals surface area contributed by atoms with Gasteiger partial charge < -0.3 is 10.1 Å². The highest BCUT2D eigenvalue weighted by molar-refractivity contribution is 5.98. The van der Waals surface area contributed by atoms with Gasteiger partial charge in [-0.3, -0.25) is 4.79 Å². The summed E-state index contributed by atoms with van der Waals surface area (Å²) in [5.74, 6) is -0.770. The fraction of sp³-hybridized carbons (Fsp3) is 0.364. The van der Waals surface area contributed by atoms with E-state index < -0.39 is 5.82 Å². The number of halogens is 1. The van der Waals surface area contributed by atoms with E-state index in [2.05, 4.69) is 5.32 Å². The summed E-state index contributed by atoms with van der Waals surface area (Å²) in [4.78, 5) is 11.5. The minimum atomic E-state index is -0.595. The molecule has 0 aromatic heterocycles. The number of ether oxygens (including phenoxy) is 1. The quantitative estimate of drug-likeness (QED) is 0.752. The van der Waals surface area contributed by atoms with Gasteiger partial charge in [0, 0.05) is 0 Å². The molecule has 15 heavy (non-hydrogen) atoms. The largest absolute Gasteiger partial charge is 0.494 e. The van der Waals surface area contributed by atoms with Gasteiger partial charge in [-0.15, -0.1) is 0 Å². The van der Waals surface area contributed by atoms with Crippen molar-refractivity contribution < 1.29 is 13.9 Å². The third-order valence-electron chi connectivity index (χ3n) is 2.02. The zero-order valence-electron chi connectivity index (χ0n) is 8.84. The molecular weight excluding hydrogens is 197 g/mol. The second kappa shape index (κ2) is 5.46. The molecule has 3 nitrogen and oxygen atoms in total. The monoisotopic (exact) mass is 211 g/mol. The van der Waals surface area contributed by atoms with Gasteiger partial charge in [0.2, 0.25) is 0 Å². The van der Waals surface area contributed by atoms with Crippen LogP contribution in [0.1, 0.15) is 17.3 Å². The number of hydrogen-bond acceptors (Lipinski definition) is 3. The molecule has 0 aliphatic carbocycles. The lowest BCUT2D eigenvalue weighted by molar-refractivity contribution is 0.0987. The van der Waals surface area contributed by atoms with Crippen molar-refractivity contribution in [2.45, 2.75) is 6.92 Å². The molecule has 0 aliphatic rings. The Kier molecular flexibility index (Phi) is 4.24. The van der Waals surface area contributed by atoms with Gasteiger partial charge in [-0.1, -0.05) is 13.0 Å². The predicted octanol–water partition coefficient (Wildman–Crippen LogP) is 1.63. The van der Waals surface area contributed by atoms with Crippen LogP contribution in [0.2, 0.25) is 0 Å². The first-order chi connectivity index (χ1) is 7.20. The van der Waals surface area contributed by atoms with Crippen molar-refractivity contribution in [3.8, 4) is 5.75 Å². The molecule has 82 valence electrons. The van der Waals surface area contributed by atoms with Gasteiger partial charge in [-0.2, -0.15) is 0 Å².